The van der Waals surface area contributed by atoms with E-state index in [0.29, 0.717) is 0 Å². The molecule has 2 fully saturated rings. The monoisotopic (exact) mass is 514 g/mol. The molecule has 14 heteroatoms. The van der Waals surface area contributed by atoms with Crippen molar-refractivity contribution in [2.24, 2.45) is 11.8 Å². The molecule has 2 aliphatic heterocycles. The van der Waals surface area contributed by atoms with E-state index in [1.54, 1.807) is 9.80 Å². The first-order chi connectivity index (χ1) is 17.1. The third kappa shape index (κ3) is 8.33. The molecule has 0 bridgehead atoms. The molecule has 0 aromatic rings. The Hall–Kier alpha value is -2.94. The minimum Gasteiger partial charge on any atom is -0.418 e. The SMILES string of the molecule is CC(C)COC(OC=O)N1C(=O)CN(CCN2CC(=O)N(C(OC=O)OCC(C)C)C(=O)C2)CC1=O. The maximum Gasteiger partial charge on any atom is 0.296 e. The summed E-state index contributed by atoms with van der Waals surface area (Å²) in [4.78, 5) is 76.8. The van der Waals surface area contributed by atoms with Crippen LogP contribution in [0, 0.1) is 11.8 Å². The van der Waals surface area contributed by atoms with Crippen molar-refractivity contribution < 1.29 is 47.7 Å². The van der Waals surface area contributed by atoms with Gasteiger partial charge in [0.25, 0.3) is 25.8 Å². The predicted molar refractivity (Wildman–Crippen MR) is 120 cm³/mol. The van der Waals surface area contributed by atoms with Gasteiger partial charge in [-0.15, -0.1) is 0 Å². The Bertz CT molecular complexity index is 719. The summed E-state index contributed by atoms with van der Waals surface area (Å²) < 4.78 is 20.4. The maximum atomic E-state index is 12.6. The summed E-state index contributed by atoms with van der Waals surface area (Å²) in [6, 6.07) is 0. The molecular formula is C22H34N4O10. The van der Waals surface area contributed by atoms with Gasteiger partial charge in [0.1, 0.15) is 0 Å². The molecule has 4 amide bonds. The molecule has 2 aliphatic rings. The van der Waals surface area contributed by atoms with Crippen LogP contribution in [0.15, 0.2) is 0 Å². The van der Waals surface area contributed by atoms with Gasteiger partial charge < -0.3 is 18.9 Å². The summed E-state index contributed by atoms with van der Waals surface area (Å²) in [5.41, 5.74) is 0. The lowest BCUT2D eigenvalue weighted by Crippen LogP contribution is -2.61. The van der Waals surface area contributed by atoms with E-state index in [1.165, 1.54) is 0 Å². The number of piperazine rings is 2. The van der Waals surface area contributed by atoms with Gasteiger partial charge in [-0.25, -0.2) is 9.80 Å². The molecule has 2 rings (SSSR count). The minimum absolute atomic E-state index is 0.0854. The molecule has 0 aromatic heterocycles. The van der Waals surface area contributed by atoms with E-state index >= 15 is 0 Å². The molecule has 0 saturated carbocycles. The Morgan fingerprint density at radius 2 is 0.944 bits per heavy atom. The smallest absolute Gasteiger partial charge is 0.296 e. The van der Waals surface area contributed by atoms with Crippen molar-refractivity contribution in [2.75, 3.05) is 52.5 Å². The van der Waals surface area contributed by atoms with Crippen LogP contribution >= 0.6 is 0 Å². The molecule has 0 aliphatic carbocycles. The van der Waals surface area contributed by atoms with Crippen LogP contribution in [0.4, 0.5) is 0 Å². The Morgan fingerprint density at radius 3 is 1.19 bits per heavy atom. The standard InChI is InChI=1S/C22H34N4O10/c1-15(2)11-33-21(35-13-27)25-17(29)7-23(8-18(25)30)5-6-24-9-19(31)26(20(32)10-24)22(36-14-28)34-12-16(3)4/h13-16,21-22H,5-12H2,1-4H3. The van der Waals surface area contributed by atoms with E-state index in [9.17, 15) is 28.8 Å². The summed E-state index contributed by atoms with van der Waals surface area (Å²) in [5.74, 6) is -2.24. The summed E-state index contributed by atoms with van der Waals surface area (Å²) in [6.07, 6.45) is -2.87. The highest BCUT2D eigenvalue weighted by atomic mass is 16.7. The van der Waals surface area contributed by atoms with E-state index in [1.807, 2.05) is 27.7 Å². The minimum atomic E-state index is -1.44. The van der Waals surface area contributed by atoms with Crippen molar-refractivity contribution in [3.8, 4) is 0 Å². The van der Waals surface area contributed by atoms with E-state index in [4.69, 9.17) is 18.9 Å². The lowest BCUT2D eigenvalue weighted by Gasteiger charge is -2.38. The van der Waals surface area contributed by atoms with Crippen molar-refractivity contribution in [1.82, 2.24) is 19.6 Å². The van der Waals surface area contributed by atoms with Crippen LogP contribution in [0.5, 0.6) is 0 Å². The zero-order valence-electron chi connectivity index (χ0n) is 21.0. The van der Waals surface area contributed by atoms with Gasteiger partial charge in [0.15, 0.2) is 0 Å². The van der Waals surface area contributed by atoms with E-state index < -0.39 is 36.5 Å². The highest BCUT2D eigenvalue weighted by Crippen LogP contribution is 2.15. The van der Waals surface area contributed by atoms with Gasteiger partial charge >= 0.3 is 0 Å². The van der Waals surface area contributed by atoms with Crippen molar-refractivity contribution in [1.29, 1.82) is 0 Å². The molecular weight excluding hydrogens is 480 g/mol. The summed E-state index contributed by atoms with van der Waals surface area (Å²) in [7, 11) is 0. The summed E-state index contributed by atoms with van der Waals surface area (Å²) in [6.45, 7) is 7.90. The fourth-order valence-electron chi connectivity index (χ4n) is 3.52. The Balaban J connectivity index is 1.92. The van der Waals surface area contributed by atoms with Gasteiger partial charge in [-0.05, 0) is 11.8 Å². The summed E-state index contributed by atoms with van der Waals surface area (Å²) in [5, 5.41) is 0. The fraction of sp³-hybridized carbons (Fsp3) is 0.727. The number of amides is 4. The maximum absolute atomic E-state index is 12.6. The van der Waals surface area contributed by atoms with Gasteiger partial charge in [0.05, 0.1) is 39.4 Å². The number of hydrogen-bond acceptors (Lipinski definition) is 12. The molecule has 0 aromatic carbocycles. The van der Waals surface area contributed by atoms with Crippen molar-refractivity contribution in [2.45, 2.75) is 40.5 Å². The fourth-order valence-corrected chi connectivity index (χ4v) is 3.52. The highest BCUT2D eigenvalue weighted by Gasteiger charge is 2.40. The third-order valence-corrected chi connectivity index (χ3v) is 5.15. The van der Waals surface area contributed by atoms with Crippen LogP contribution in [0.25, 0.3) is 0 Å². The second-order valence-corrected chi connectivity index (χ2v) is 9.27. The second-order valence-electron chi connectivity index (χ2n) is 9.27. The van der Waals surface area contributed by atoms with Gasteiger partial charge in [0, 0.05) is 13.1 Å². The van der Waals surface area contributed by atoms with Crippen LogP contribution in [-0.2, 0) is 47.7 Å². The second kappa shape index (κ2) is 14.0. The molecule has 0 spiro atoms. The number of carbonyl (C=O) groups is 6. The molecule has 14 nitrogen and oxygen atoms in total. The molecule has 202 valence electrons. The number of ether oxygens (including phenoxy) is 4. The van der Waals surface area contributed by atoms with Gasteiger partial charge in [-0.1, -0.05) is 27.7 Å². The lowest BCUT2D eigenvalue weighted by molar-refractivity contribution is -0.222. The zero-order valence-corrected chi connectivity index (χ0v) is 21.0. The molecule has 2 atom stereocenters. The summed E-state index contributed by atoms with van der Waals surface area (Å²) >= 11 is 0. The first-order valence-corrected chi connectivity index (χ1v) is 11.6. The average Bonchev–Trinajstić information content (AvgIpc) is 2.78. The lowest BCUT2D eigenvalue weighted by atomic mass is 10.2. The molecule has 36 heavy (non-hydrogen) atoms. The first kappa shape index (κ1) is 29.3. The predicted octanol–water partition coefficient (Wildman–Crippen LogP) is -1.41. The van der Waals surface area contributed by atoms with E-state index in [2.05, 4.69) is 0 Å². The number of hydrogen-bond donors (Lipinski definition) is 0. The topological polar surface area (TPSA) is 152 Å². The van der Waals surface area contributed by atoms with Crippen LogP contribution in [0.1, 0.15) is 27.7 Å². The average molecular weight is 515 g/mol. The van der Waals surface area contributed by atoms with Crippen LogP contribution in [0.3, 0.4) is 0 Å². The van der Waals surface area contributed by atoms with Crippen molar-refractivity contribution in [3.63, 3.8) is 0 Å². The number of imide groups is 2. The van der Waals surface area contributed by atoms with E-state index in [0.717, 1.165) is 9.80 Å². The van der Waals surface area contributed by atoms with Crippen LogP contribution < -0.4 is 0 Å². The van der Waals surface area contributed by atoms with Crippen LogP contribution in [0.2, 0.25) is 0 Å². The van der Waals surface area contributed by atoms with E-state index in [-0.39, 0.29) is 77.3 Å². The Morgan fingerprint density at radius 1 is 0.639 bits per heavy atom. The highest BCUT2D eigenvalue weighted by molar-refractivity contribution is 6.00. The third-order valence-electron chi connectivity index (χ3n) is 5.15. The number of nitrogens with zero attached hydrogens (tertiary/aromatic N) is 4. The molecule has 0 radical (unpaired) electrons. The van der Waals surface area contributed by atoms with Crippen molar-refractivity contribution >= 4 is 36.6 Å². The van der Waals surface area contributed by atoms with Gasteiger partial charge in [-0.3, -0.25) is 38.6 Å². The quantitative estimate of drug-likeness (QED) is 0.143. The first-order valence-electron chi connectivity index (χ1n) is 11.6. The normalized spacial score (nSPS) is 19.7. The number of carbonyl (C=O) groups excluding carboxylic acids is 6. The Labute approximate surface area is 209 Å². The molecule has 2 saturated heterocycles. The molecule has 2 unspecified atom stereocenters. The van der Waals surface area contributed by atoms with Crippen LogP contribution in [-0.4, -0.2) is 121 Å². The molecule has 0 N–H and O–H groups in total. The van der Waals surface area contributed by atoms with Gasteiger partial charge in [0.2, 0.25) is 23.6 Å². The zero-order chi connectivity index (χ0) is 26.8. The Kier molecular flexibility index (Phi) is 11.4. The van der Waals surface area contributed by atoms with Gasteiger partial charge in [-0.2, -0.15) is 0 Å². The number of rotatable bonds is 15. The largest absolute Gasteiger partial charge is 0.418 e. The molecule has 2 heterocycles. The van der Waals surface area contributed by atoms with Crippen molar-refractivity contribution in [3.05, 3.63) is 0 Å².